The van der Waals surface area contributed by atoms with Gasteiger partial charge in [-0.15, -0.1) is 11.3 Å². The average Bonchev–Trinajstić information content (AvgIpc) is 3.19. The van der Waals surface area contributed by atoms with Crippen molar-refractivity contribution >= 4 is 22.1 Å². The first-order chi connectivity index (χ1) is 10.3. The van der Waals surface area contributed by atoms with Gasteiger partial charge in [0.15, 0.2) is 10.8 Å². The molecule has 2 aromatic rings. The molecule has 2 bridgehead atoms. The zero-order valence-corrected chi connectivity index (χ0v) is 13.5. The smallest absolute Gasteiger partial charge is 0.195 e. The van der Waals surface area contributed by atoms with Gasteiger partial charge in [-0.05, 0) is 43.6 Å². The highest BCUT2D eigenvalue weighted by Crippen LogP contribution is 2.48. The Morgan fingerprint density at radius 1 is 1.43 bits per heavy atom. The topological polar surface area (TPSA) is 46.6 Å². The second kappa shape index (κ2) is 5.29. The molecule has 3 unspecified atom stereocenters. The monoisotopic (exact) mass is 304 g/mol. The molecule has 2 heterocycles. The fourth-order valence-electron chi connectivity index (χ4n) is 4.53. The third-order valence-corrected chi connectivity index (χ3v) is 6.23. The molecule has 2 aliphatic carbocycles. The van der Waals surface area contributed by atoms with Crippen LogP contribution < -0.4 is 10.6 Å². The van der Waals surface area contributed by atoms with Crippen LogP contribution in [0.15, 0.2) is 11.6 Å². The van der Waals surface area contributed by atoms with Crippen molar-refractivity contribution in [2.24, 2.45) is 23.5 Å². The molecule has 2 fully saturated rings. The van der Waals surface area contributed by atoms with Gasteiger partial charge in [0.2, 0.25) is 0 Å². The van der Waals surface area contributed by atoms with Crippen molar-refractivity contribution in [2.75, 3.05) is 25.0 Å². The van der Waals surface area contributed by atoms with Gasteiger partial charge in [-0.3, -0.25) is 4.40 Å². The van der Waals surface area contributed by atoms with Gasteiger partial charge < -0.3 is 10.6 Å². The summed E-state index contributed by atoms with van der Waals surface area (Å²) in [6.07, 6.45) is 8.86. The number of nitrogens with zero attached hydrogens (tertiary/aromatic N) is 3. The van der Waals surface area contributed by atoms with E-state index in [1.165, 1.54) is 31.4 Å². The van der Waals surface area contributed by atoms with E-state index >= 15 is 0 Å². The van der Waals surface area contributed by atoms with Crippen LogP contribution in [-0.4, -0.2) is 29.5 Å². The summed E-state index contributed by atoms with van der Waals surface area (Å²) in [5.74, 6) is 4.01. The van der Waals surface area contributed by atoms with Crippen molar-refractivity contribution in [2.45, 2.75) is 32.1 Å². The van der Waals surface area contributed by atoms with E-state index in [-0.39, 0.29) is 0 Å². The Morgan fingerprint density at radius 2 is 2.33 bits per heavy atom. The fourth-order valence-corrected chi connectivity index (χ4v) is 5.26. The minimum atomic E-state index is 0.679. The van der Waals surface area contributed by atoms with Gasteiger partial charge >= 0.3 is 0 Å². The van der Waals surface area contributed by atoms with Gasteiger partial charge in [-0.2, -0.15) is 0 Å². The predicted octanol–water partition coefficient (Wildman–Crippen LogP) is 2.77. The Balaban J connectivity index is 1.57. The number of anilines is 1. The van der Waals surface area contributed by atoms with Gasteiger partial charge in [-0.25, -0.2) is 4.98 Å². The van der Waals surface area contributed by atoms with Crippen molar-refractivity contribution in [3.63, 3.8) is 0 Å². The number of thiazole rings is 1. The van der Waals surface area contributed by atoms with E-state index < -0.39 is 0 Å². The molecule has 0 aliphatic heterocycles. The number of imidazole rings is 1. The molecule has 2 aromatic heterocycles. The van der Waals surface area contributed by atoms with Crippen molar-refractivity contribution in [1.29, 1.82) is 0 Å². The van der Waals surface area contributed by atoms with E-state index in [1.807, 2.05) is 0 Å². The summed E-state index contributed by atoms with van der Waals surface area (Å²) in [7, 11) is 2.21. The summed E-state index contributed by atoms with van der Waals surface area (Å²) in [6, 6.07) is 0. The standard InChI is InChI=1S/C16H24N4S/c1-19(10-13-9-11-2-3-12(13)8-11)15-14(4-5-17)20-6-7-21-16(20)18-15/h6-7,11-13H,2-5,8-10,17H2,1H3. The molecule has 0 radical (unpaired) electrons. The molecule has 3 atom stereocenters. The van der Waals surface area contributed by atoms with Gasteiger partial charge in [-0.1, -0.05) is 6.42 Å². The maximum Gasteiger partial charge on any atom is 0.195 e. The summed E-state index contributed by atoms with van der Waals surface area (Å²) in [5, 5.41) is 2.10. The summed E-state index contributed by atoms with van der Waals surface area (Å²) in [5.41, 5.74) is 7.08. The van der Waals surface area contributed by atoms with E-state index in [9.17, 15) is 0 Å². The van der Waals surface area contributed by atoms with Gasteiger partial charge in [0.05, 0.1) is 5.69 Å². The SMILES string of the molecule is CN(CC1CC2CCC1C2)c1nc2sccn2c1CCN. The summed E-state index contributed by atoms with van der Waals surface area (Å²) in [4.78, 5) is 8.32. The molecular weight excluding hydrogens is 280 g/mol. The van der Waals surface area contributed by atoms with Gasteiger partial charge in [0, 0.05) is 31.6 Å². The van der Waals surface area contributed by atoms with Crippen molar-refractivity contribution in [3.8, 4) is 0 Å². The third-order valence-electron chi connectivity index (χ3n) is 5.48. The number of nitrogens with two attached hydrogens (primary N) is 1. The molecule has 0 aromatic carbocycles. The van der Waals surface area contributed by atoms with Gasteiger partial charge in [0.25, 0.3) is 0 Å². The number of hydrogen-bond donors (Lipinski definition) is 1. The van der Waals surface area contributed by atoms with Crippen LogP contribution >= 0.6 is 11.3 Å². The fraction of sp³-hybridized carbons (Fsp3) is 0.688. The van der Waals surface area contributed by atoms with Crippen molar-refractivity contribution in [1.82, 2.24) is 9.38 Å². The lowest BCUT2D eigenvalue weighted by atomic mass is 9.88. The van der Waals surface area contributed by atoms with Gasteiger partial charge in [0.1, 0.15) is 0 Å². The molecule has 4 rings (SSSR count). The number of hydrogen-bond acceptors (Lipinski definition) is 4. The van der Waals surface area contributed by atoms with E-state index in [1.54, 1.807) is 11.3 Å². The molecule has 2 aliphatic rings. The first kappa shape index (κ1) is 13.6. The van der Waals surface area contributed by atoms with E-state index in [2.05, 4.69) is 27.9 Å². The zero-order chi connectivity index (χ0) is 14.4. The molecule has 0 spiro atoms. The highest BCUT2D eigenvalue weighted by Gasteiger charge is 2.40. The maximum atomic E-state index is 5.81. The lowest BCUT2D eigenvalue weighted by molar-refractivity contribution is 0.337. The van der Waals surface area contributed by atoms with Crippen LogP contribution in [0, 0.1) is 17.8 Å². The maximum absolute atomic E-state index is 5.81. The van der Waals surface area contributed by atoms with Crippen LogP contribution in [-0.2, 0) is 6.42 Å². The zero-order valence-electron chi connectivity index (χ0n) is 12.7. The second-order valence-electron chi connectivity index (χ2n) is 6.79. The summed E-state index contributed by atoms with van der Waals surface area (Å²) >= 11 is 1.70. The molecule has 2 N–H and O–H groups in total. The first-order valence-electron chi connectivity index (χ1n) is 8.12. The third kappa shape index (κ3) is 2.27. The minimum Gasteiger partial charge on any atom is -0.358 e. The molecule has 0 saturated heterocycles. The normalized spacial score (nSPS) is 27.8. The average molecular weight is 304 g/mol. The number of rotatable bonds is 5. The summed E-state index contributed by atoms with van der Waals surface area (Å²) < 4.78 is 2.21. The Morgan fingerprint density at radius 3 is 3.05 bits per heavy atom. The van der Waals surface area contributed by atoms with E-state index in [0.29, 0.717) is 6.54 Å². The molecule has 0 amide bonds. The highest BCUT2D eigenvalue weighted by atomic mass is 32.1. The lowest BCUT2D eigenvalue weighted by Gasteiger charge is -2.28. The second-order valence-corrected chi connectivity index (χ2v) is 7.66. The van der Waals surface area contributed by atoms with Crippen LogP contribution in [0.1, 0.15) is 31.4 Å². The minimum absolute atomic E-state index is 0.679. The van der Waals surface area contributed by atoms with Crippen LogP contribution in [0.5, 0.6) is 0 Å². The van der Waals surface area contributed by atoms with Crippen molar-refractivity contribution in [3.05, 3.63) is 17.3 Å². The number of fused-ring (bicyclic) bond motifs is 3. The van der Waals surface area contributed by atoms with Crippen LogP contribution in [0.3, 0.4) is 0 Å². The predicted molar refractivity (Wildman–Crippen MR) is 88.0 cm³/mol. The first-order valence-corrected chi connectivity index (χ1v) is 9.00. The Labute approximate surface area is 130 Å². The number of aromatic nitrogens is 2. The molecular formula is C16H24N4S. The Kier molecular flexibility index (Phi) is 3.42. The van der Waals surface area contributed by atoms with Crippen molar-refractivity contribution < 1.29 is 0 Å². The van der Waals surface area contributed by atoms with Crippen LogP contribution in [0.4, 0.5) is 5.82 Å². The lowest BCUT2D eigenvalue weighted by Crippen LogP contribution is -2.29. The largest absolute Gasteiger partial charge is 0.358 e. The quantitative estimate of drug-likeness (QED) is 0.924. The summed E-state index contributed by atoms with van der Waals surface area (Å²) in [6.45, 7) is 1.84. The van der Waals surface area contributed by atoms with Crippen LogP contribution in [0.25, 0.3) is 4.96 Å². The molecule has 5 heteroatoms. The highest BCUT2D eigenvalue weighted by molar-refractivity contribution is 7.15. The molecule has 2 saturated carbocycles. The molecule has 114 valence electrons. The Hall–Kier alpha value is -1.07. The molecule has 21 heavy (non-hydrogen) atoms. The molecule has 4 nitrogen and oxygen atoms in total. The van der Waals surface area contributed by atoms with Crippen LogP contribution in [0.2, 0.25) is 0 Å². The van der Waals surface area contributed by atoms with E-state index in [0.717, 1.165) is 41.5 Å². The Bertz CT molecular complexity index is 631. The van der Waals surface area contributed by atoms with E-state index in [4.69, 9.17) is 10.7 Å².